The number of nitrogens with two attached hydrogens (primary N) is 4. The van der Waals surface area contributed by atoms with Crippen molar-refractivity contribution in [3.63, 3.8) is 0 Å². The van der Waals surface area contributed by atoms with E-state index in [-0.39, 0.29) is 0 Å². The van der Waals surface area contributed by atoms with E-state index in [1.807, 2.05) is 0 Å². The van der Waals surface area contributed by atoms with Gasteiger partial charge in [0.15, 0.2) is 24.5 Å². The van der Waals surface area contributed by atoms with Gasteiger partial charge in [0.05, 0.1) is 26.7 Å². The first-order chi connectivity index (χ1) is 19.0. The van der Waals surface area contributed by atoms with Crippen LogP contribution in [0.5, 0.6) is 0 Å². The molecule has 0 aromatic heterocycles. The molecule has 1 aliphatic carbocycles. The lowest BCUT2D eigenvalue weighted by molar-refractivity contribution is -0.317. The number of aliphatic imine (C=N–C) groups is 2. The zero-order chi connectivity index (χ0) is 31.0. The van der Waals surface area contributed by atoms with Gasteiger partial charge in [-0.1, -0.05) is 0 Å². The Morgan fingerprint density at radius 2 is 1.48 bits per heavy atom. The number of hydrogen-bond donors (Lipinski definition) is 13. The second-order valence-electron chi connectivity index (χ2n) is 9.86. The lowest BCUT2D eigenvalue weighted by atomic mass is 9.81. The van der Waals surface area contributed by atoms with E-state index in [0.29, 0.717) is 0 Å². The van der Waals surface area contributed by atoms with Gasteiger partial charge in [0.25, 0.3) is 0 Å². The van der Waals surface area contributed by atoms with Crippen molar-refractivity contribution < 1.29 is 61.2 Å². The second kappa shape index (κ2) is 12.9. The average molecular weight is 586 g/mol. The molecule has 0 aromatic rings. The fourth-order valence-corrected chi connectivity index (χ4v) is 5.05. The summed E-state index contributed by atoms with van der Waals surface area (Å²) in [7, 11) is 1.40. The predicted molar refractivity (Wildman–Crippen MR) is 134 cm³/mol. The third-order valence-corrected chi connectivity index (χ3v) is 7.32. The predicted octanol–water partition coefficient (Wildman–Crippen LogP) is -8.37. The summed E-state index contributed by atoms with van der Waals surface area (Å²) >= 11 is 0. The SMILES string of the molecule is [3H][C@@]1(C)O[C@H](O[C@H]2[C@H](O)[C@@H](O)[C@H](N=C(N)N)[C@@H](O)[C@@H]2N=C(N)N)[C@H](O[C@@H]2O[C@@H](CO)[C@H](O)[C@@H](O)[C@@H]2NC)[C@@]1(O)CO. The molecule has 15 atom stereocenters. The topological polar surface area (TPSA) is 340 Å². The molecule has 232 valence electrons. The van der Waals surface area contributed by atoms with Gasteiger partial charge in [0.1, 0.15) is 66.5 Å². The van der Waals surface area contributed by atoms with Crippen molar-refractivity contribution in [2.45, 2.75) is 98.1 Å². The molecule has 3 fully saturated rings. The van der Waals surface area contributed by atoms with E-state index >= 15 is 0 Å². The molecule has 19 nitrogen and oxygen atoms in total. The van der Waals surface area contributed by atoms with Crippen LogP contribution in [0.3, 0.4) is 0 Å². The molecule has 0 unspecified atom stereocenters. The van der Waals surface area contributed by atoms with Gasteiger partial charge in [-0.25, -0.2) is 9.98 Å². The maximum atomic E-state index is 11.4. The van der Waals surface area contributed by atoms with Crippen LogP contribution in [-0.2, 0) is 18.9 Å². The van der Waals surface area contributed by atoms with Gasteiger partial charge in [-0.2, -0.15) is 0 Å². The number of likely N-dealkylation sites (N-methyl/N-ethyl adjacent to an activating group) is 1. The van der Waals surface area contributed by atoms with Gasteiger partial charge in [-0.3, -0.25) is 0 Å². The molecule has 0 bridgehead atoms. The van der Waals surface area contributed by atoms with E-state index in [4.69, 9.17) is 43.3 Å². The summed E-state index contributed by atoms with van der Waals surface area (Å²) in [5.41, 5.74) is 19.2. The Kier molecular flexibility index (Phi) is 9.99. The van der Waals surface area contributed by atoms with Gasteiger partial charge < -0.3 is 88.1 Å². The molecular formula is C21H41N7O12. The van der Waals surface area contributed by atoms with Crippen LogP contribution in [0, 0.1) is 0 Å². The first-order valence-corrected chi connectivity index (χ1v) is 12.4. The molecular weight excluding hydrogens is 542 g/mol. The Morgan fingerprint density at radius 3 is 2.00 bits per heavy atom. The van der Waals surface area contributed by atoms with Gasteiger partial charge in [-0.15, -0.1) is 0 Å². The molecule has 19 heteroatoms. The van der Waals surface area contributed by atoms with Crippen molar-refractivity contribution in [1.29, 1.82) is 0 Å². The molecule has 2 saturated heterocycles. The van der Waals surface area contributed by atoms with Crippen LogP contribution in [0.25, 0.3) is 0 Å². The van der Waals surface area contributed by atoms with E-state index in [0.717, 1.165) is 6.92 Å². The van der Waals surface area contributed by atoms with Crippen LogP contribution in [0.15, 0.2) is 9.98 Å². The molecule has 17 N–H and O–H groups in total. The van der Waals surface area contributed by atoms with Crippen LogP contribution >= 0.6 is 0 Å². The summed E-state index contributed by atoms with van der Waals surface area (Å²) < 4.78 is 31.4. The van der Waals surface area contributed by atoms with E-state index in [9.17, 15) is 40.9 Å². The van der Waals surface area contributed by atoms with Gasteiger partial charge in [-0.05, 0) is 14.0 Å². The molecule has 0 spiro atoms. The fourth-order valence-electron chi connectivity index (χ4n) is 5.05. The van der Waals surface area contributed by atoms with Crippen molar-refractivity contribution in [2.75, 3.05) is 20.3 Å². The first-order valence-electron chi connectivity index (χ1n) is 12.9. The zero-order valence-corrected chi connectivity index (χ0v) is 21.8. The Morgan fingerprint density at radius 1 is 0.875 bits per heavy atom. The maximum absolute atomic E-state index is 11.4. The minimum absolute atomic E-state index is 0.520. The summed E-state index contributed by atoms with van der Waals surface area (Å²) in [5, 5.41) is 87.1. The third-order valence-electron chi connectivity index (χ3n) is 7.32. The monoisotopic (exact) mass is 585 g/mol. The largest absolute Gasteiger partial charge is 0.394 e. The van der Waals surface area contributed by atoms with E-state index < -0.39 is 116 Å². The fraction of sp³-hybridized carbons (Fsp3) is 0.905. The second-order valence-corrected chi connectivity index (χ2v) is 9.86. The van der Waals surface area contributed by atoms with Crippen molar-refractivity contribution in [3.05, 3.63) is 0 Å². The number of nitrogens with zero attached hydrogens (tertiary/aromatic N) is 2. The smallest absolute Gasteiger partial charge is 0.187 e. The van der Waals surface area contributed by atoms with Gasteiger partial charge in [0.2, 0.25) is 0 Å². The highest BCUT2D eigenvalue weighted by atomic mass is 16.8. The Bertz CT molecular complexity index is 960. The highest BCUT2D eigenvalue weighted by molar-refractivity contribution is 5.76. The van der Waals surface area contributed by atoms with E-state index in [1.54, 1.807) is 0 Å². The molecule has 40 heavy (non-hydrogen) atoms. The lowest BCUT2D eigenvalue weighted by Gasteiger charge is -2.45. The summed E-state index contributed by atoms with van der Waals surface area (Å²) in [5.74, 6) is -1.07. The molecule has 2 heterocycles. The van der Waals surface area contributed by atoms with Crippen LogP contribution in [-0.4, -0.2) is 164 Å². The molecule has 2 aliphatic heterocycles. The molecule has 1 saturated carbocycles. The van der Waals surface area contributed by atoms with Crippen molar-refractivity contribution >= 4 is 11.9 Å². The zero-order valence-electron chi connectivity index (χ0n) is 22.8. The molecule has 3 rings (SSSR count). The highest BCUT2D eigenvalue weighted by Gasteiger charge is 2.60. The maximum Gasteiger partial charge on any atom is 0.187 e. The summed E-state index contributed by atoms with van der Waals surface area (Å²) in [4.78, 5) is 7.61. The van der Waals surface area contributed by atoms with E-state index in [1.165, 1.54) is 7.05 Å². The summed E-state index contributed by atoms with van der Waals surface area (Å²) in [6.07, 6.45) is -19.1. The summed E-state index contributed by atoms with van der Waals surface area (Å²) in [6.45, 7) is -0.763. The van der Waals surface area contributed by atoms with Gasteiger partial charge >= 0.3 is 0 Å². The number of nitrogens with one attached hydrogen (secondary N) is 1. The molecule has 0 amide bonds. The highest BCUT2D eigenvalue weighted by Crippen LogP contribution is 2.39. The Hall–Kier alpha value is -1.98. The number of ether oxygens (including phenoxy) is 4. The number of rotatable bonds is 9. The van der Waals surface area contributed by atoms with E-state index in [2.05, 4.69) is 15.3 Å². The van der Waals surface area contributed by atoms with Crippen LogP contribution in [0.4, 0.5) is 0 Å². The van der Waals surface area contributed by atoms with Crippen LogP contribution in [0.2, 0.25) is 0 Å². The normalized spacial score (nSPS) is 49.8. The van der Waals surface area contributed by atoms with Crippen LogP contribution in [0.1, 0.15) is 8.29 Å². The Labute approximate surface area is 230 Å². The summed E-state index contributed by atoms with van der Waals surface area (Å²) in [6, 6.07) is -4.19. The molecule has 3 aliphatic rings. The van der Waals surface area contributed by atoms with Crippen molar-refractivity contribution in [2.24, 2.45) is 32.9 Å². The van der Waals surface area contributed by atoms with Gasteiger partial charge in [0, 0.05) is 0 Å². The lowest BCUT2D eigenvalue weighted by Crippen LogP contribution is -2.66. The van der Waals surface area contributed by atoms with Crippen molar-refractivity contribution in [1.82, 2.24) is 5.32 Å². The molecule has 0 radical (unpaired) electrons. The molecule has 0 aromatic carbocycles. The first kappa shape index (κ1) is 31.0. The number of guanidine groups is 2. The number of hydrogen-bond acceptors (Lipinski definition) is 15. The standard InChI is InChI=1S/C21H41N7O12/c1-5-21(36,4-30)16(40-17-9(26-2)13(34)10(31)6(3-29)38-17)18(37-5)39-15-8(28-20(24)25)11(32)7(27-19(22)23)12(33)14(15)35/h5-18,26,29-36H,3-4H2,1-2H3,(H4,22,23,27)(H4,24,25,28)/t5-,6-,7+,8-,9-,10-,11+,12-,13-,14+,15+,16-,17-,18+,21+/m0/s1/i5T. The third kappa shape index (κ3) is 6.11. The van der Waals surface area contributed by atoms with Crippen LogP contribution < -0.4 is 28.3 Å². The number of aliphatic hydroxyl groups is 8. The minimum atomic E-state index is -2.54. The Balaban J connectivity index is 2.00. The number of aliphatic hydroxyl groups excluding tert-OH is 7. The average Bonchev–Trinajstić information content (AvgIpc) is 3.09. The minimum Gasteiger partial charge on any atom is -0.394 e. The van der Waals surface area contributed by atoms with Crippen molar-refractivity contribution in [3.8, 4) is 0 Å². The quantitative estimate of drug-likeness (QED) is 0.0881.